The first-order chi connectivity index (χ1) is 19.8. The van der Waals surface area contributed by atoms with E-state index in [9.17, 15) is 9.59 Å². The normalized spacial score (nSPS) is 16.6. The van der Waals surface area contributed by atoms with Gasteiger partial charge in [0.2, 0.25) is 0 Å². The summed E-state index contributed by atoms with van der Waals surface area (Å²) in [6.07, 6.45) is 3.83. The number of aryl methyl sites for hydroxylation is 2. The van der Waals surface area contributed by atoms with E-state index in [1.807, 2.05) is 32.0 Å². The molecule has 2 aromatic heterocycles. The summed E-state index contributed by atoms with van der Waals surface area (Å²) in [6, 6.07) is 12.3. The summed E-state index contributed by atoms with van der Waals surface area (Å²) < 4.78 is 21.1. The van der Waals surface area contributed by atoms with Crippen LogP contribution in [-0.4, -0.2) is 66.1 Å². The van der Waals surface area contributed by atoms with Crippen molar-refractivity contribution in [3.8, 4) is 6.07 Å². The monoisotopic (exact) mass is 556 g/mol. The van der Waals surface area contributed by atoms with Gasteiger partial charge in [-0.25, -0.2) is 9.37 Å². The highest BCUT2D eigenvalue weighted by molar-refractivity contribution is 6.05. The number of nitriles is 1. The number of alkyl halides is 1. The number of amides is 2. The van der Waals surface area contributed by atoms with Crippen molar-refractivity contribution in [2.75, 3.05) is 49.6 Å². The number of ether oxygens (including phenoxy) is 1. The van der Waals surface area contributed by atoms with Crippen molar-refractivity contribution < 1.29 is 18.7 Å². The number of morpholine rings is 1. The van der Waals surface area contributed by atoms with Crippen LogP contribution in [0.15, 0.2) is 48.8 Å². The first-order valence-corrected chi connectivity index (χ1v) is 13.9. The van der Waals surface area contributed by atoms with Crippen LogP contribution in [0.2, 0.25) is 0 Å². The molecular formula is C31H33FN6O3. The van der Waals surface area contributed by atoms with Crippen LogP contribution in [-0.2, 0) is 16.8 Å². The Morgan fingerprint density at radius 1 is 1.07 bits per heavy atom. The number of pyridine rings is 2. The largest absolute Gasteiger partial charge is 0.378 e. The number of nitrogens with one attached hydrogen (secondary N) is 1. The second kappa shape index (κ2) is 12.0. The molecule has 1 N–H and O–H groups in total. The van der Waals surface area contributed by atoms with Crippen LogP contribution in [0.1, 0.15) is 62.9 Å². The zero-order valence-electron chi connectivity index (χ0n) is 23.3. The van der Waals surface area contributed by atoms with E-state index in [2.05, 4.69) is 20.2 Å². The van der Waals surface area contributed by atoms with Gasteiger partial charge in [-0.1, -0.05) is 13.0 Å². The maximum atomic E-state index is 15.7. The Kier molecular flexibility index (Phi) is 8.26. The van der Waals surface area contributed by atoms with Gasteiger partial charge in [-0.3, -0.25) is 14.6 Å². The van der Waals surface area contributed by atoms with Crippen molar-refractivity contribution in [1.82, 2.24) is 14.9 Å². The van der Waals surface area contributed by atoms with E-state index in [-0.39, 0.29) is 43.4 Å². The number of hydrogen-bond donors (Lipinski definition) is 1. The topological polar surface area (TPSA) is 111 Å². The lowest BCUT2D eigenvalue weighted by atomic mass is 9.89. The molecule has 0 saturated carbocycles. The van der Waals surface area contributed by atoms with E-state index in [1.54, 1.807) is 35.4 Å². The molecule has 0 unspecified atom stereocenters. The van der Waals surface area contributed by atoms with Crippen molar-refractivity contribution in [3.05, 3.63) is 82.3 Å². The molecule has 212 valence electrons. The van der Waals surface area contributed by atoms with Gasteiger partial charge in [0.05, 0.1) is 30.0 Å². The van der Waals surface area contributed by atoms with Gasteiger partial charge >= 0.3 is 0 Å². The van der Waals surface area contributed by atoms with E-state index < -0.39 is 5.67 Å². The lowest BCUT2D eigenvalue weighted by Crippen LogP contribution is -2.43. The highest BCUT2D eigenvalue weighted by Gasteiger charge is 2.39. The smallest absolute Gasteiger partial charge is 0.257 e. The Hall–Kier alpha value is -4.36. The van der Waals surface area contributed by atoms with Crippen molar-refractivity contribution in [2.45, 2.75) is 38.8 Å². The molecule has 0 radical (unpaired) electrons. The Bertz CT molecular complexity index is 1450. The van der Waals surface area contributed by atoms with Crippen molar-refractivity contribution in [3.63, 3.8) is 0 Å². The van der Waals surface area contributed by atoms with Crippen LogP contribution in [0.5, 0.6) is 0 Å². The Balaban J connectivity index is 1.28. The number of halogens is 1. The highest BCUT2D eigenvalue weighted by Crippen LogP contribution is 2.36. The summed E-state index contributed by atoms with van der Waals surface area (Å²) in [5.41, 5.74) is 2.18. The molecule has 2 amide bonds. The van der Waals surface area contributed by atoms with Crippen LogP contribution in [0.4, 0.5) is 15.9 Å². The lowest BCUT2D eigenvalue weighted by Gasteiger charge is -2.36. The molecule has 5 rings (SSSR count). The number of carbonyl (C=O) groups excluding carboxylic acids is 2. The molecule has 3 aromatic rings. The zero-order valence-corrected chi connectivity index (χ0v) is 23.3. The summed E-state index contributed by atoms with van der Waals surface area (Å²) in [6.45, 7) is 7.15. The number of carbonyl (C=O) groups is 2. The molecule has 41 heavy (non-hydrogen) atoms. The standard InChI is InChI=1S/C31H33FN6O3/c1-3-23-16-21(2)25(30(40)38-10-8-31(32,9-11-38)27-6-4-22(18-33)19-34-27)17-26(23)36-29(39)24-5-7-28(35-20-24)37-12-14-41-15-13-37/h4-7,16-17,19-20H,3,8-15H2,1-2H3,(H,36,39). The molecule has 2 aliphatic heterocycles. The Morgan fingerprint density at radius 2 is 1.83 bits per heavy atom. The van der Waals surface area contributed by atoms with Crippen LogP contribution in [0, 0.1) is 18.3 Å². The number of likely N-dealkylation sites (tertiary alicyclic amines) is 1. The van der Waals surface area contributed by atoms with Crippen molar-refractivity contribution in [1.29, 1.82) is 5.26 Å². The third-order valence-electron chi connectivity index (χ3n) is 7.85. The van der Waals surface area contributed by atoms with E-state index in [0.29, 0.717) is 42.0 Å². The minimum absolute atomic E-state index is 0.112. The Labute approximate surface area is 239 Å². The molecule has 9 nitrogen and oxygen atoms in total. The lowest BCUT2D eigenvalue weighted by molar-refractivity contribution is 0.0402. The van der Waals surface area contributed by atoms with Gasteiger partial charge in [-0.2, -0.15) is 5.26 Å². The first-order valence-electron chi connectivity index (χ1n) is 13.9. The van der Waals surface area contributed by atoms with E-state index in [0.717, 1.165) is 30.0 Å². The van der Waals surface area contributed by atoms with Gasteiger partial charge in [0.15, 0.2) is 5.67 Å². The zero-order chi connectivity index (χ0) is 29.0. The van der Waals surface area contributed by atoms with Gasteiger partial charge in [0.1, 0.15) is 11.9 Å². The fraction of sp³-hybridized carbons (Fsp3) is 0.387. The Morgan fingerprint density at radius 3 is 2.44 bits per heavy atom. The molecule has 1 aromatic carbocycles. The predicted molar refractivity (Wildman–Crippen MR) is 153 cm³/mol. The third kappa shape index (κ3) is 6.05. The molecule has 2 saturated heterocycles. The SMILES string of the molecule is CCc1cc(C)c(C(=O)N2CCC(F)(c3ccc(C#N)cn3)CC2)cc1NC(=O)c1ccc(N2CCOCC2)nc1. The molecule has 0 bridgehead atoms. The highest BCUT2D eigenvalue weighted by atomic mass is 19.1. The fourth-order valence-electron chi connectivity index (χ4n) is 5.32. The van der Waals surface area contributed by atoms with E-state index in [4.69, 9.17) is 10.00 Å². The maximum Gasteiger partial charge on any atom is 0.257 e. The summed E-state index contributed by atoms with van der Waals surface area (Å²) in [4.78, 5) is 39.1. The van der Waals surface area contributed by atoms with Gasteiger partial charge in [0.25, 0.3) is 11.8 Å². The predicted octanol–water partition coefficient (Wildman–Crippen LogP) is 4.41. The number of piperidine rings is 1. The molecule has 0 spiro atoms. The number of nitrogens with zero attached hydrogens (tertiary/aromatic N) is 5. The molecule has 0 atom stereocenters. The molecule has 10 heteroatoms. The minimum atomic E-state index is -1.66. The second-order valence-electron chi connectivity index (χ2n) is 10.4. The first kappa shape index (κ1) is 28.2. The molecule has 2 fully saturated rings. The van der Waals surface area contributed by atoms with Gasteiger partial charge in [-0.15, -0.1) is 0 Å². The van der Waals surface area contributed by atoms with E-state index in [1.165, 1.54) is 6.20 Å². The van der Waals surface area contributed by atoms with Gasteiger partial charge in [-0.05, 0) is 54.8 Å². The quantitative estimate of drug-likeness (QED) is 0.479. The fourth-order valence-corrected chi connectivity index (χ4v) is 5.32. The summed E-state index contributed by atoms with van der Waals surface area (Å²) in [7, 11) is 0. The summed E-state index contributed by atoms with van der Waals surface area (Å²) >= 11 is 0. The van der Waals surface area contributed by atoms with Gasteiger partial charge < -0.3 is 19.9 Å². The second-order valence-corrected chi connectivity index (χ2v) is 10.4. The molecule has 0 aliphatic carbocycles. The minimum Gasteiger partial charge on any atom is -0.378 e. The average Bonchev–Trinajstić information content (AvgIpc) is 3.02. The maximum absolute atomic E-state index is 15.7. The average molecular weight is 557 g/mol. The van der Waals surface area contributed by atoms with Gasteiger partial charge in [0, 0.05) is 62.7 Å². The summed E-state index contributed by atoms with van der Waals surface area (Å²) in [5, 5.41) is 12.0. The van der Waals surface area contributed by atoms with Crippen LogP contribution < -0.4 is 10.2 Å². The van der Waals surface area contributed by atoms with Crippen molar-refractivity contribution >= 4 is 23.3 Å². The number of hydrogen-bond acceptors (Lipinski definition) is 7. The number of anilines is 2. The number of benzene rings is 1. The number of rotatable bonds is 6. The molecular weight excluding hydrogens is 523 g/mol. The number of aromatic nitrogens is 2. The summed E-state index contributed by atoms with van der Waals surface area (Å²) in [5.74, 6) is 0.293. The van der Waals surface area contributed by atoms with Crippen molar-refractivity contribution in [2.24, 2.45) is 0 Å². The van der Waals surface area contributed by atoms with E-state index >= 15 is 4.39 Å². The third-order valence-corrected chi connectivity index (χ3v) is 7.85. The van der Waals surface area contributed by atoms with Crippen LogP contribution in [0.25, 0.3) is 0 Å². The molecule has 4 heterocycles. The van der Waals surface area contributed by atoms with Crippen LogP contribution >= 0.6 is 0 Å². The molecule has 2 aliphatic rings. The van der Waals surface area contributed by atoms with Crippen LogP contribution in [0.3, 0.4) is 0 Å².